The molecule has 1 aliphatic rings. The average Bonchev–Trinajstić information content (AvgIpc) is 3.85. The summed E-state index contributed by atoms with van der Waals surface area (Å²) in [6.07, 6.45) is 0. The number of nitrogens with zero attached hydrogens (tertiary/aromatic N) is 2. The van der Waals surface area contributed by atoms with Crippen molar-refractivity contribution in [1.29, 1.82) is 0 Å². The van der Waals surface area contributed by atoms with Crippen molar-refractivity contribution in [1.82, 2.24) is 8.97 Å². The number of hydrogen-bond acceptors (Lipinski definition) is 1. The number of aromatic nitrogens is 2. The van der Waals surface area contributed by atoms with Crippen LogP contribution in [0.4, 0.5) is 11.4 Å². The molecule has 0 unspecified atom stereocenters. The molecule has 1 N–H and O–H groups in total. The van der Waals surface area contributed by atoms with Crippen LogP contribution in [0.15, 0.2) is 158 Å². The lowest BCUT2D eigenvalue weighted by Gasteiger charge is -2.26. The van der Waals surface area contributed by atoms with Gasteiger partial charge in [-0.3, -0.25) is 0 Å². The van der Waals surface area contributed by atoms with E-state index in [9.17, 15) is 0 Å². The lowest BCUT2D eigenvalue weighted by Crippen LogP contribution is -2.37. The quantitative estimate of drug-likeness (QED) is 0.183. The van der Waals surface area contributed by atoms with Gasteiger partial charge in [0.2, 0.25) is 0 Å². The fraction of sp³-hybridized carbons (Fsp3) is 0.0400. The molecule has 0 saturated carbocycles. The third-order valence-electron chi connectivity index (χ3n) is 12.1. The molecule has 0 amide bonds. The zero-order valence-corrected chi connectivity index (χ0v) is 30.1. The maximum atomic E-state index is 3.99. The van der Waals surface area contributed by atoms with Crippen molar-refractivity contribution in [2.75, 3.05) is 5.32 Å². The van der Waals surface area contributed by atoms with Crippen LogP contribution in [0.2, 0.25) is 0 Å². The molecule has 0 aliphatic carbocycles. The van der Waals surface area contributed by atoms with Gasteiger partial charge in [-0.05, 0) is 83.5 Å². The second-order valence-corrected chi connectivity index (χ2v) is 15.1. The second-order valence-electron chi connectivity index (χ2n) is 15.1. The molecule has 252 valence electrons. The van der Waals surface area contributed by atoms with Crippen molar-refractivity contribution in [2.24, 2.45) is 0 Å². The number of rotatable bonds is 4. The number of aryl methyl sites for hydroxylation is 2. The maximum Gasteiger partial charge on any atom is 0.198 e. The molecule has 3 aromatic heterocycles. The van der Waals surface area contributed by atoms with E-state index in [4.69, 9.17) is 0 Å². The lowest BCUT2D eigenvalue weighted by atomic mass is 9.58. The van der Waals surface area contributed by atoms with E-state index in [2.05, 4.69) is 186 Å². The van der Waals surface area contributed by atoms with Gasteiger partial charge in [-0.2, -0.15) is 0 Å². The van der Waals surface area contributed by atoms with E-state index < -0.39 is 0 Å². The first-order valence-electron chi connectivity index (χ1n) is 18.9. The predicted molar refractivity (Wildman–Crippen MR) is 232 cm³/mol. The molecule has 54 heavy (non-hydrogen) atoms. The number of anilines is 2. The molecular formula is C50H34BN3. The van der Waals surface area contributed by atoms with Gasteiger partial charge in [-0.1, -0.05) is 127 Å². The van der Waals surface area contributed by atoms with Crippen LogP contribution in [-0.4, -0.2) is 16.2 Å². The van der Waals surface area contributed by atoms with E-state index in [0.717, 1.165) is 18.7 Å². The number of para-hydroxylation sites is 5. The van der Waals surface area contributed by atoms with Crippen molar-refractivity contribution >= 4 is 89.5 Å². The minimum atomic E-state index is 0.842. The maximum absolute atomic E-state index is 3.99. The molecule has 1 aliphatic heterocycles. The van der Waals surface area contributed by atoms with Crippen LogP contribution in [-0.2, 0) is 0 Å². The van der Waals surface area contributed by atoms with Gasteiger partial charge in [-0.25, -0.2) is 0 Å². The van der Waals surface area contributed by atoms with Gasteiger partial charge >= 0.3 is 0 Å². The minimum absolute atomic E-state index is 0.842. The highest BCUT2D eigenvalue weighted by Crippen LogP contribution is 2.47. The fourth-order valence-electron chi connectivity index (χ4n) is 9.73. The standard InChI is InChI=1S/C50H34BN3/c1-29-13-3-5-15-32(29)31-27-39(47-45(28-31)53-43-23-9-6-17-34(43)36-20-12-21-40(51-47)49(36)53)46-42(52-41-22-8-4-14-30(41)2)26-25-38-37-19-11-18-35-33-16-7-10-24-44(33)54(48(35)37)50(38)46/h3-28,51-52H,1-2H3. The molecule has 11 aromatic rings. The normalized spacial score (nSPS) is 12.4. The smallest absolute Gasteiger partial charge is 0.198 e. The molecule has 12 rings (SSSR count). The summed E-state index contributed by atoms with van der Waals surface area (Å²) < 4.78 is 5.11. The Balaban J connectivity index is 1.29. The van der Waals surface area contributed by atoms with Crippen LogP contribution < -0.4 is 16.2 Å². The highest BCUT2D eigenvalue weighted by Gasteiger charge is 2.29. The molecule has 0 spiro atoms. The van der Waals surface area contributed by atoms with Crippen LogP contribution >= 0.6 is 0 Å². The first kappa shape index (κ1) is 29.8. The van der Waals surface area contributed by atoms with Gasteiger partial charge in [0.15, 0.2) is 7.28 Å². The van der Waals surface area contributed by atoms with Crippen molar-refractivity contribution in [3.05, 3.63) is 169 Å². The third kappa shape index (κ3) is 3.92. The predicted octanol–water partition coefficient (Wildman–Crippen LogP) is 11.3. The number of nitrogens with one attached hydrogen (secondary N) is 1. The summed E-state index contributed by atoms with van der Waals surface area (Å²) in [5.41, 5.74) is 20.0. The van der Waals surface area contributed by atoms with Crippen LogP contribution in [0, 0.1) is 13.8 Å². The summed E-state index contributed by atoms with van der Waals surface area (Å²) in [5, 5.41) is 11.7. The van der Waals surface area contributed by atoms with Gasteiger partial charge in [0.05, 0.1) is 22.1 Å². The molecular weight excluding hydrogens is 653 g/mol. The molecule has 0 saturated heterocycles. The van der Waals surface area contributed by atoms with Crippen LogP contribution in [0.25, 0.3) is 87.8 Å². The lowest BCUT2D eigenvalue weighted by molar-refractivity contribution is 1.19. The van der Waals surface area contributed by atoms with E-state index in [0.29, 0.717) is 0 Å². The molecule has 0 atom stereocenters. The van der Waals surface area contributed by atoms with Gasteiger partial charge in [0.25, 0.3) is 0 Å². The zero-order valence-electron chi connectivity index (χ0n) is 30.1. The van der Waals surface area contributed by atoms with Crippen molar-refractivity contribution < 1.29 is 0 Å². The highest BCUT2D eigenvalue weighted by atomic mass is 15.0. The molecule has 0 radical (unpaired) electrons. The van der Waals surface area contributed by atoms with Crippen LogP contribution in [0.1, 0.15) is 11.1 Å². The molecule has 4 heteroatoms. The zero-order chi connectivity index (χ0) is 35.7. The van der Waals surface area contributed by atoms with E-state index in [-0.39, 0.29) is 0 Å². The second kappa shape index (κ2) is 10.9. The molecule has 3 nitrogen and oxygen atoms in total. The van der Waals surface area contributed by atoms with Gasteiger partial charge in [0, 0.05) is 60.5 Å². The van der Waals surface area contributed by atoms with E-state index >= 15 is 0 Å². The van der Waals surface area contributed by atoms with Gasteiger partial charge < -0.3 is 14.3 Å². The van der Waals surface area contributed by atoms with E-state index in [1.54, 1.807) is 0 Å². The Hall–Kier alpha value is -6.78. The summed E-state index contributed by atoms with van der Waals surface area (Å²) in [7, 11) is 0.842. The Morgan fingerprint density at radius 3 is 1.91 bits per heavy atom. The average molecular weight is 688 g/mol. The van der Waals surface area contributed by atoms with Crippen molar-refractivity contribution in [3.8, 4) is 27.9 Å². The minimum Gasteiger partial charge on any atom is -0.355 e. The largest absolute Gasteiger partial charge is 0.355 e. The Morgan fingerprint density at radius 1 is 0.463 bits per heavy atom. The molecule has 0 fully saturated rings. The first-order chi connectivity index (χ1) is 26.6. The topological polar surface area (TPSA) is 21.4 Å². The van der Waals surface area contributed by atoms with Crippen LogP contribution in [0.3, 0.4) is 0 Å². The molecule has 4 heterocycles. The Kier molecular flexibility index (Phi) is 6.00. The Labute approximate surface area is 313 Å². The monoisotopic (exact) mass is 687 g/mol. The summed E-state index contributed by atoms with van der Waals surface area (Å²) in [6.45, 7) is 4.42. The van der Waals surface area contributed by atoms with Crippen molar-refractivity contribution in [3.63, 3.8) is 0 Å². The SMILES string of the molecule is Cc1ccccc1Nc1ccc2c3cccc4c5ccccc5n(c2c1-c1cc(-c2ccccc2C)cc2c1Bc1cccc5c6ccccc6n-2c15)c43. The van der Waals surface area contributed by atoms with Crippen molar-refractivity contribution in [2.45, 2.75) is 13.8 Å². The molecule has 8 aromatic carbocycles. The highest BCUT2D eigenvalue weighted by molar-refractivity contribution is 6.73. The summed E-state index contributed by atoms with van der Waals surface area (Å²) in [6, 6.07) is 58.6. The Morgan fingerprint density at radius 2 is 1.09 bits per heavy atom. The van der Waals surface area contributed by atoms with Gasteiger partial charge in [-0.15, -0.1) is 0 Å². The summed E-state index contributed by atoms with van der Waals surface area (Å²) in [4.78, 5) is 0. The number of benzene rings is 8. The fourth-order valence-corrected chi connectivity index (χ4v) is 9.73. The van der Waals surface area contributed by atoms with Crippen LogP contribution in [0.5, 0.6) is 0 Å². The van der Waals surface area contributed by atoms with Gasteiger partial charge in [0.1, 0.15) is 0 Å². The first-order valence-corrected chi connectivity index (χ1v) is 18.9. The third-order valence-corrected chi connectivity index (χ3v) is 12.1. The summed E-state index contributed by atoms with van der Waals surface area (Å²) in [5.74, 6) is 0. The number of fused-ring (bicyclic) bond motifs is 11. The van der Waals surface area contributed by atoms with E-state index in [1.165, 1.54) is 110 Å². The number of hydrogen-bond donors (Lipinski definition) is 1. The molecule has 0 bridgehead atoms. The summed E-state index contributed by atoms with van der Waals surface area (Å²) >= 11 is 0. The van der Waals surface area contributed by atoms with E-state index in [1.807, 2.05) is 0 Å². The Bertz CT molecular complexity index is 3360.